The standard InChI is InChI=1S/C17H13BrClN5O/c18-11-7-13(14(19)20-8-11)17(25)21-12-3-1-2-10(6-12)16-22-15(23-24-16)9-4-5-9/h1-3,6-9H,4-5H2,(H,21,25)(H,22,23,24). The number of aromatic nitrogens is 4. The maximum absolute atomic E-state index is 12.4. The van der Waals surface area contributed by atoms with Gasteiger partial charge in [0.2, 0.25) is 0 Å². The van der Waals surface area contributed by atoms with E-state index in [0.717, 1.165) is 24.2 Å². The highest BCUT2D eigenvalue weighted by Crippen LogP contribution is 2.38. The lowest BCUT2D eigenvalue weighted by Gasteiger charge is -2.07. The average molecular weight is 419 g/mol. The van der Waals surface area contributed by atoms with Crippen molar-refractivity contribution >= 4 is 39.1 Å². The molecule has 1 fully saturated rings. The Kier molecular flexibility index (Phi) is 4.27. The molecule has 1 amide bonds. The van der Waals surface area contributed by atoms with Crippen LogP contribution in [0.2, 0.25) is 5.15 Å². The Morgan fingerprint density at radius 2 is 2.16 bits per heavy atom. The summed E-state index contributed by atoms with van der Waals surface area (Å²) in [6.45, 7) is 0. The molecule has 1 saturated carbocycles. The van der Waals surface area contributed by atoms with E-state index in [1.807, 2.05) is 18.2 Å². The van der Waals surface area contributed by atoms with E-state index in [2.05, 4.69) is 41.4 Å². The van der Waals surface area contributed by atoms with E-state index in [1.165, 1.54) is 0 Å². The largest absolute Gasteiger partial charge is 0.322 e. The number of nitrogens with one attached hydrogen (secondary N) is 2. The van der Waals surface area contributed by atoms with E-state index < -0.39 is 0 Å². The Balaban J connectivity index is 1.56. The number of H-pyrrole nitrogens is 1. The third kappa shape index (κ3) is 3.57. The Hall–Kier alpha value is -2.25. The number of anilines is 1. The summed E-state index contributed by atoms with van der Waals surface area (Å²) >= 11 is 9.30. The van der Waals surface area contributed by atoms with E-state index in [9.17, 15) is 4.79 Å². The molecule has 0 bridgehead atoms. The molecule has 3 aromatic rings. The second-order valence-corrected chi connectivity index (χ2v) is 7.12. The van der Waals surface area contributed by atoms with Crippen molar-refractivity contribution < 1.29 is 4.79 Å². The number of aromatic amines is 1. The number of pyridine rings is 1. The van der Waals surface area contributed by atoms with Gasteiger partial charge in [-0.3, -0.25) is 9.89 Å². The van der Waals surface area contributed by atoms with Crippen molar-refractivity contribution in [3.8, 4) is 11.4 Å². The molecule has 2 N–H and O–H groups in total. The number of hydrogen-bond donors (Lipinski definition) is 2. The summed E-state index contributed by atoms with van der Waals surface area (Å²) < 4.78 is 0.684. The van der Waals surface area contributed by atoms with Gasteiger partial charge >= 0.3 is 0 Å². The van der Waals surface area contributed by atoms with Crippen molar-refractivity contribution in [1.82, 2.24) is 20.2 Å². The lowest BCUT2D eigenvalue weighted by atomic mass is 10.2. The maximum atomic E-state index is 12.4. The fourth-order valence-electron chi connectivity index (χ4n) is 2.46. The summed E-state index contributed by atoms with van der Waals surface area (Å²) in [5, 5.41) is 10.2. The maximum Gasteiger partial charge on any atom is 0.258 e. The van der Waals surface area contributed by atoms with Crippen molar-refractivity contribution in [2.45, 2.75) is 18.8 Å². The summed E-state index contributed by atoms with van der Waals surface area (Å²) in [6, 6.07) is 9.01. The minimum absolute atomic E-state index is 0.153. The van der Waals surface area contributed by atoms with Crippen LogP contribution in [-0.2, 0) is 0 Å². The van der Waals surface area contributed by atoms with Gasteiger partial charge in [-0.15, -0.1) is 0 Å². The zero-order valence-corrected chi connectivity index (χ0v) is 15.3. The minimum Gasteiger partial charge on any atom is -0.322 e. The number of amides is 1. The highest BCUT2D eigenvalue weighted by molar-refractivity contribution is 9.10. The smallest absolute Gasteiger partial charge is 0.258 e. The number of halogens is 2. The van der Waals surface area contributed by atoms with Gasteiger partial charge in [-0.2, -0.15) is 5.10 Å². The Morgan fingerprint density at radius 3 is 2.96 bits per heavy atom. The van der Waals surface area contributed by atoms with Crippen LogP contribution in [0.5, 0.6) is 0 Å². The van der Waals surface area contributed by atoms with E-state index in [4.69, 9.17) is 11.6 Å². The van der Waals surface area contributed by atoms with Gasteiger partial charge in [0.25, 0.3) is 5.91 Å². The van der Waals surface area contributed by atoms with E-state index >= 15 is 0 Å². The van der Waals surface area contributed by atoms with Gasteiger partial charge in [0.1, 0.15) is 11.0 Å². The number of nitrogens with zero attached hydrogens (tertiary/aromatic N) is 3. The van der Waals surface area contributed by atoms with Gasteiger partial charge in [0.15, 0.2) is 5.82 Å². The summed E-state index contributed by atoms with van der Waals surface area (Å²) in [6.07, 6.45) is 3.86. The van der Waals surface area contributed by atoms with Gasteiger partial charge < -0.3 is 5.32 Å². The first-order valence-electron chi connectivity index (χ1n) is 7.75. The lowest BCUT2D eigenvalue weighted by molar-refractivity contribution is 0.102. The first-order valence-corrected chi connectivity index (χ1v) is 8.92. The van der Waals surface area contributed by atoms with Crippen LogP contribution in [0, 0.1) is 0 Å². The third-order valence-electron chi connectivity index (χ3n) is 3.90. The van der Waals surface area contributed by atoms with Crippen LogP contribution in [-0.4, -0.2) is 26.1 Å². The van der Waals surface area contributed by atoms with Crippen LogP contribution >= 0.6 is 27.5 Å². The fraction of sp³-hybridized carbons (Fsp3) is 0.176. The Morgan fingerprint density at radius 1 is 1.32 bits per heavy atom. The van der Waals surface area contributed by atoms with E-state index in [1.54, 1.807) is 18.3 Å². The van der Waals surface area contributed by atoms with Crippen LogP contribution in [0.1, 0.15) is 34.9 Å². The molecule has 6 nitrogen and oxygen atoms in total. The molecule has 1 aliphatic carbocycles. The number of carbonyl (C=O) groups is 1. The second-order valence-electron chi connectivity index (χ2n) is 5.85. The molecule has 0 saturated heterocycles. The van der Waals surface area contributed by atoms with Crippen molar-refractivity contribution in [3.63, 3.8) is 0 Å². The molecule has 25 heavy (non-hydrogen) atoms. The number of carbonyl (C=O) groups excluding carboxylic acids is 1. The van der Waals surface area contributed by atoms with Gasteiger partial charge in [-0.1, -0.05) is 23.7 Å². The third-order valence-corrected chi connectivity index (χ3v) is 4.63. The molecule has 0 radical (unpaired) electrons. The van der Waals surface area contributed by atoms with Crippen molar-refractivity contribution in [2.24, 2.45) is 0 Å². The zero-order chi connectivity index (χ0) is 17.4. The monoisotopic (exact) mass is 417 g/mol. The molecule has 0 aliphatic heterocycles. The zero-order valence-electron chi connectivity index (χ0n) is 13.0. The molecule has 8 heteroatoms. The molecule has 2 aromatic heterocycles. The Bertz CT molecular complexity index is 954. The minimum atomic E-state index is -0.329. The summed E-state index contributed by atoms with van der Waals surface area (Å²) in [5.74, 6) is 1.73. The first-order chi connectivity index (χ1) is 12.1. The van der Waals surface area contributed by atoms with Crippen LogP contribution in [0.15, 0.2) is 41.0 Å². The molecule has 0 atom stereocenters. The quantitative estimate of drug-likeness (QED) is 0.615. The number of rotatable bonds is 4. The molecule has 1 aliphatic rings. The van der Waals surface area contributed by atoms with Gasteiger partial charge in [0, 0.05) is 27.8 Å². The second kappa shape index (κ2) is 6.57. The molecule has 1 aromatic carbocycles. The molecule has 4 rings (SSSR count). The first kappa shape index (κ1) is 16.2. The molecular weight excluding hydrogens is 406 g/mol. The predicted molar refractivity (Wildman–Crippen MR) is 98.7 cm³/mol. The Labute approximate surface area is 157 Å². The fourth-order valence-corrected chi connectivity index (χ4v) is 2.98. The predicted octanol–water partition coefficient (Wildman–Crippen LogP) is 4.41. The molecule has 0 spiro atoms. The normalized spacial score (nSPS) is 13.7. The molecule has 0 unspecified atom stereocenters. The van der Waals surface area contributed by atoms with Crippen LogP contribution < -0.4 is 5.32 Å². The molecule has 126 valence electrons. The topological polar surface area (TPSA) is 83.6 Å². The summed E-state index contributed by atoms with van der Waals surface area (Å²) in [4.78, 5) is 20.9. The van der Waals surface area contributed by atoms with Gasteiger partial charge in [-0.25, -0.2) is 9.97 Å². The van der Waals surface area contributed by atoms with Crippen LogP contribution in [0.3, 0.4) is 0 Å². The molecule has 2 heterocycles. The lowest BCUT2D eigenvalue weighted by Crippen LogP contribution is -2.13. The number of benzene rings is 1. The van der Waals surface area contributed by atoms with Crippen molar-refractivity contribution in [2.75, 3.05) is 5.32 Å². The summed E-state index contributed by atoms with van der Waals surface area (Å²) in [7, 11) is 0. The van der Waals surface area contributed by atoms with Crippen molar-refractivity contribution in [1.29, 1.82) is 0 Å². The van der Waals surface area contributed by atoms with Crippen LogP contribution in [0.4, 0.5) is 5.69 Å². The average Bonchev–Trinajstić information content (AvgIpc) is 3.34. The van der Waals surface area contributed by atoms with Crippen molar-refractivity contribution in [3.05, 3.63) is 57.5 Å². The van der Waals surface area contributed by atoms with Gasteiger partial charge in [0.05, 0.1) is 5.56 Å². The molecular formula is C17H13BrClN5O. The highest BCUT2D eigenvalue weighted by Gasteiger charge is 2.27. The van der Waals surface area contributed by atoms with E-state index in [-0.39, 0.29) is 11.1 Å². The number of hydrogen-bond acceptors (Lipinski definition) is 4. The SMILES string of the molecule is O=C(Nc1cccc(-c2n[nH]c(C3CC3)n2)c1)c1cc(Br)cnc1Cl. The van der Waals surface area contributed by atoms with Crippen LogP contribution in [0.25, 0.3) is 11.4 Å². The van der Waals surface area contributed by atoms with E-state index in [0.29, 0.717) is 27.5 Å². The highest BCUT2D eigenvalue weighted by atomic mass is 79.9. The van der Waals surface area contributed by atoms with Gasteiger partial charge in [-0.05, 0) is 47.0 Å². The summed E-state index contributed by atoms with van der Waals surface area (Å²) in [5.41, 5.74) is 1.77.